The van der Waals surface area contributed by atoms with Gasteiger partial charge in [0.05, 0.1) is 0 Å². The van der Waals surface area contributed by atoms with Crippen LogP contribution in [-0.2, 0) is 0 Å². The van der Waals surface area contributed by atoms with Gasteiger partial charge in [0.25, 0.3) is 0 Å². The summed E-state index contributed by atoms with van der Waals surface area (Å²) in [6.07, 6.45) is 8.19. The summed E-state index contributed by atoms with van der Waals surface area (Å²) in [5.74, 6) is 1.00. The summed E-state index contributed by atoms with van der Waals surface area (Å²) < 4.78 is 0. The van der Waals surface area contributed by atoms with Crippen LogP contribution in [-0.4, -0.2) is 5.54 Å². The van der Waals surface area contributed by atoms with Crippen LogP contribution in [0.1, 0.15) is 38.5 Å². The molecule has 0 aromatic carbocycles. The van der Waals surface area contributed by atoms with Gasteiger partial charge in [-0.05, 0) is 31.6 Å². The van der Waals surface area contributed by atoms with Crippen LogP contribution in [0.3, 0.4) is 0 Å². The molecule has 2 N–H and O–H groups in total. The molecule has 2 fully saturated rings. The smallest absolute Gasteiger partial charge is 0.0157 e. The fraction of sp³-hybridized carbons (Fsp3) is 1.00. The summed E-state index contributed by atoms with van der Waals surface area (Å²) in [5, 5.41) is 0. The molecule has 0 aromatic rings. The second-order valence-corrected chi connectivity index (χ2v) is 3.86. The maximum atomic E-state index is 6.10. The van der Waals surface area contributed by atoms with Gasteiger partial charge >= 0.3 is 0 Å². The molecular weight excluding hydrogens is 146 g/mol. The van der Waals surface area contributed by atoms with Gasteiger partial charge in [0.15, 0.2) is 0 Å². The van der Waals surface area contributed by atoms with Crippen molar-refractivity contribution in [2.75, 3.05) is 0 Å². The quantitative estimate of drug-likeness (QED) is 0.579. The standard InChI is InChI=1S/C8H15N.ClH/c9-8-4-1-2-7(6-8)3-5-8;/h7H,1-6,9H2;1H. The molecule has 1 nitrogen and oxygen atoms in total. The molecule has 0 spiro atoms. The third-order valence-corrected chi connectivity index (χ3v) is 3.03. The second-order valence-electron chi connectivity index (χ2n) is 3.86. The van der Waals surface area contributed by atoms with Crippen LogP contribution in [0.5, 0.6) is 0 Å². The minimum atomic E-state index is 0. The topological polar surface area (TPSA) is 26.0 Å². The van der Waals surface area contributed by atoms with Crippen molar-refractivity contribution in [2.24, 2.45) is 11.7 Å². The number of hydrogen-bond donors (Lipinski definition) is 1. The predicted molar refractivity (Wildman–Crippen MR) is 45.4 cm³/mol. The molecule has 0 radical (unpaired) electrons. The Labute approximate surface area is 68.8 Å². The lowest BCUT2D eigenvalue weighted by molar-refractivity contribution is 0.309. The van der Waals surface area contributed by atoms with E-state index < -0.39 is 0 Å². The SMILES string of the molecule is Cl.NC12CCCC(CC1)C2. The summed E-state index contributed by atoms with van der Waals surface area (Å²) in [6, 6.07) is 0. The number of halogens is 1. The van der Waals surface area contributed by atoms with E-state index in [4.69, 9.17) is 5.73 Å². The van der Waals surface area contributed by atoms with E-state index in [1.807, 2.05) is 0 Å². The van der Waals surface area contributed by atoms with E-state index in [1.165, 1.54) is 38.5 Å². The maximum Gasteiger partial charge on any atom is 0.0157 e. The van der Waals surface area contributed by atoms with Crippen LogP contribution in [0.4, 0.5) is 0 Å². The van der Waals surface area contributed by atoms with Crippen molar-refractivity contribution in [3.63, 3.8) is 0 Å². The summed E-state index contributed by atoms with van der Waals surface area (Å²) in [5.41, 5.74) is 6.39. The molecule has 10 heavy (non-hydrogen) atoms. The highest BCUT2D eigenvalue weighted by Crippen LogP contribution is 2.43. The molecule has 2 saturated carbocycles. The minimum absolute atomic E-state index is 0. The first-order valence-corrected chi connectivity index (χ1v) is 4.07. The molecule has 2 unspecified atom stereocenters. The Morgan fingerprint density at radius 1 is 1.20 bits per heavy atom. The normalized spacial score (nSPS) is 44.7. The van der Waals surface area contributed by atoms with Gasteiger partial charge in [-0.2, -0.15) is 0 Å². The molecular formula is C8H16ClN. The van der Waals surface area contributed by atoms with E-state index in [9.17, 15) is 0 Å². The van der Waals surface area contributed by atoms with Gasteiger partial charge < -0.3 is 5.73 Å². The molecule has 60 valence electrons. The predicted octanol–water partition coefficient (Wildman–Crippen LogP) is 2.09. The van der Waals surface area contributed by atoms with Gasteiger partial charge in [0.1, 0.15) is 0 Å². The Balaban J connectivity index is 0.000000500. The molecule has 2 rings (SSSR count). The third-order valence-electron chi connectivity index (χ3n) is 3.03. The Hall–Kier alpha value is 0.250. The minimum Gasteiger partial charge on any atom is -0.325 e. The first-order chi connectivity index (χ1) is 4.29. The molecule has 2 atom stereocenters. The number of nitrogens with two attached hydrogens (primary N) is 1. The van der Waals surface area contributed by atoms with Crippen molar-refractivity contribution in [2.45, 2.75) is 44.1 Å². The average Bonchev–Trinajstić information content (AvgIpc) is 2.07. The van der Waals surface area contributed by atoms with Gasteiger partial charge in [0, 0.05) is 5.54 Å². The second kappa shape index (κ2) is 2.71. The fourth-order valence-corrected chi connectivity index (χ4v) is 2.49. The van der Waals surface area contributed by atoms with Crippen LogP contribution in [0.2, 0.25) is 0 Å². The lowest BCUT2D eigenvalue weighted by atomic mass is 9.84. The van der Waals surface area contributed by atoms with Crippen molar-refractivity contribution in [1.29, 1.82) is 0 Å². The molecule has 0 aromatic heterocycles. The Kier molecular flexibility index (Phi) is 2.26. The van der Waals surface area contributed by atoms with Crippen LogP contribution in [0.25, 0.3) is 0 Å². The highest BCUT2D eigenvalue weighted by Gasteiger charge is 2.38. The lowest BCUT2D eigenvalue weighted by Crippen LogP contribution is -2.38. The van der Waals surface area contributed by atoms with E-state index in [2.05, 4.69) is 0 Å². The van der Waals surface area contributed by atoms with Crippen molar-refractivity contribution in [3.8, 4) is 0 Å². The molecule has 0 amide bonds. The summed E-state index contributed by atoms with van der Waals surface area (Å²) in [6.45, 7) is 0. The van der Waals surface area contributed by atoms with E-state index in [1.54, 1.807) is 0 Å². The Morgan fingerprint density at radius 2 is 2.00 bits per heavy atom. The van der Waals surface area contributed by atoms with Gasteiger partial charge in [-0.25, -0.2) is 0 Å². The number of fused-ring (bicyclic) bond motifs is 2. The van der Waals surface area contributed by atoms with E-state index in [-0.39, 0.29) is 12.4 Å². The van der Waals surface area contributed by atoms with Crippen molar-refractivity contribution in [3.05, 3.63) is 0 Å². The summed E-state index contributed by atoms with van der Waals surface area (Å²) >= 11 is 0. The van der Waals surface area contributed by atoms with Gasteiger partial charge in [-0.1, -0.05) is 12.8 Å². The monoisotopic (exact) mass is 161 g/mol. The maximum absolute atomic E-state index is 6.10. The summed E-state index contributed by atoms with van der Waals surface area (Å²) in [4.78, 5) is 0. The first-order valence-electron chi connectivity index (χ1n) is 4.07. The molecule has 2 heteroatoms. The van der Waals surface area contributed by atoms with Crippen molar-refractivity contribution < 1.29 is 0 Å². The Bertz CT molecular complexity index is 122. The van der Waals surface area contributed by atoms with Crippen molar-refractivity contribution in [1.82, 2.24) is 0 Å². The van der Waals surface area contributed by atoms with Gasteiger partial charge in [-0.3, -0.25) is 0 Å². The zero-order chi connectivity index (χ0) is 6.32. The van der Waals surface area contributed by atoms with Crippen LogP contribution in [0, 0.1) is 5.92 Å². The van der Waals surface area contributed by atoms with Gasteiger partial charge in [-0.15, -0.1) is 12.4 Å². The molecule has 2 aliphatic carbocycles. The lowest BCUT2D eigenvalue weighted by Gasteiger charge is -2.28. The van der Waals surface area contributed by atoms with Crippen LogP contribution < -0.4 is 5.73 Å². The van der Waals surface area contributed by atoms with E-state index >= 15 is 0 Å². The molecule has 2 aliphatic rings. The summed E-state index contributed by atoms with van der Waals surface area (Å²) in [7, 11) is 0. The number of hydrogen-bond acceptors (Lipinski definition) is 1. The number of rotatable bonds is 0. The molecule has 0 aliphatic heterocycles. The zero-order valence-corrected chi connectivity index (χ0v) is 7.12. The highest BCUT2D eigenvalue weighted by atomic mass is 35.5. The van der Waals surface area contributed by atoms with E-state index in [0.29, 0.717) is 5.54 Å². The highest BCUT2D eigenvalue weighted by molar-refractivity contribution is 5.85. The fourth-order valence-electron chi connectivity index (χ4n) is 2.49. The van der Waals surface area contributed by atoms with E-state index in [0.717, 1.165) is 5.92 Å². The third kappa shape index (κ3) is 1.30. The average molecular weight is 162 g/mol. The van der Waals surface area contributed by atoms with Gasteiger partial charge in [0.2, 0.25) is 0 Å². The molecule has 0 saturated heterocycles. The molecule has 2 bridgehead atoms. The largest absolute Gasteiger partial charge is 0.325 e. The Morgan fingerprint density at radius 3 is 2.60 bits per heavy atom. The van der Waals surface area contributed by atoms with Crippen LogP contribution in [0.15, 0.2) is 0 Å². The zero-order valence-electron chi connectivity index (χ0n) is 6.31. The first kappa shape index (κ1) is 8.35. The van der Waals surface area contributed by atoms with Crippen molar-refractivity contribution >= 4 is 12.4 Å². The molecule has 0 heterocycles. The van der Waals surface area contributed by atoms with Crippen LogP contribution >= 0.6 is 12.4 Å².